The van der Waals surface area contributed by atoms with E-state index in [1.54, 1.807) is 6.92 Å². The van der Waals surface area contributed by atoms with Crippen LogP contribution in [0, 0.1) is 0 Å². The molecule has 0 spiro atoms. The highest BCUT2D eigenvalue weighted by Crippen LogP contribution is 2.36. The molecule has 2 heterocycles. The third-order valence-corrected chi connectivity index (χ3v) is 7.88. The van der Waals surface area contributed by atoms with E-state index in [1.807, 2.05) is 0 Å². The van der Waals surface area contributed by atoms with Crippen molar-refractivity contribution in [1.29, 1.82) is 0 Å². The fourth-order valence-corrected chi connectivity index (χ4v) is 4.97. The Labute approximate surface area is 213 Å². The van der Waals surface area contributed by atoms with Crippen molar-refractivity contribution < 1.29 is 48.0 Å². The van der Waals surface area contributed by atoms with Gasteiger partial charge in [-0.05, 0) is 26.0 Å². The summed E-state index contributed by atoms with van der Waals surface area (Å²) in [5.41, 5.74) is -0.0290. The largest absolute Gasteiger partial charge is 0.504 e. The molecule has 15 heteroatoms. The molecule has 3 rings (SSSR count). The van der Waals surface area contributed by atoms with E-state index in [1.165, 1.54) is 15.9 Å². The number of carboxylic acid groups (broad SMARTS) is 1. The molecule has 13 nitrogen and oxygen atoms in total. The van der Waals surface area contributed by atoms with Gasteiger partial charge in [-0.2, -0.15) is 0 Å². The second kappa shape index (κ2) is 10.5. The standard InChI is InChI=1S/C21H26ClN3O10S/c1-11-9-14(27)25(11)17(19(30)31)21(2,36(33)34)10-35-20(32)24-7-5-23(6-8-24)18(29)12-3-4-13(26)16(28)15(12)22/h3-4,11,17,26,28H,5-10H2,1-2H3,(H,30,31)(H,33,34)/t11-,17+,21+/m1/s1. The summed E-state index contributed by atoms with van der Waals surface area (Å²) in [6.07, 6.45) is -0.776. The number of β-lactam (4-membered cyclic amide) rings is 1. The number of likely N-dealkylation sites (tertiary alicyclic amines) is 1. The number of carbonyl (C=O) groups is 4. The summed E-state index contributed by atoms with van der Waals surface area (Å²) in [6, 6.07) is 0.252. The van der Waals surface area contributed by atoms with Gasteiger partial charge in [-0.15, -0.1) is 0 Å². The lowest BCUT2D eigenvalue weighted by molar-refractivity contribution is -0.163. The number of carbonyl (C=O) groups excluding carboxylic acids is 3. The molecule has 2 aliphatic rings. The first-order chi connectivity index (χ1) is 16.8. The van der Waals surface area contributed by atoms with Crippen molar-refractivity contribution in [2.24, 2.45) is 0 Å². The first-order valence-electron chi connectivity index (χ1n) is 10.9. The van der Waals surface area contributed by atoms with Crippen molar-refractivity contribution in [2.45, 2.75) is 37.1 Å². The van der Waals surface area contributed by atoms with Crippen LogP contribution in [0.15, 0.2) is 12.1 Å². The normalized spacial score (nSPS) is 21.3. The van der Waals surface area contributed by atoms with Gasteiger partial charge < -0.3 is 39.3 Å². The van der Waals surface area contributed by atoms with Crippen molar-refractivity contribution in [1.82, 2.24) is 14.7 Å². The monoisotopic (exact) mass is 547 g/mol. The van der Waals surface area contributed by atoms with Gasteiger partial charge in [0.05, 0.1) is 10.6 Å². The van der Waals surface area contributed by atoms with Crippen LogP contribution in [0.1, 0.15) is 30.6 Å². The number of aromatic hydroxyl groups is 2. The summed E-state index contributed by atoms with van der Waals surface area (Å²) in [5.74, 6) is -3.60. The number of hydrogen-bond donors (Lipinski definition) is 4. The Morgan fingerprint density at radius 1 is 1.19 bits per heavy atom. The molecule has 3 amide bonds. The minimum absolute atomic E-state index is 0.0290. The fourth-order valence-electron chi connectivity index (χ4n) is 4.17. The zero-order valence-corrected chi connectivity index (χ0v) is 21.0. The van der Waals surface area contributed by atoms with E-state index in [0.29, 0.717) is 0 Å². The van der Waals surface area contributed by atoms with Gasteiger partial charge in [0.2, 0.25) is 5.91 Å². The zero-order chi connectivity index (χ0) is 26.9. The van der Waals surface area contributed by atoms with Crippen LogP contribution in [0.4, 0.5) is 4.79 Å². The average molecular weight is 548 g/mol. The molecule has 198 valence electrons. The van der Waals surface area contributed by atoms with Crippen LogP contribution in [-0.4, -0.2) is 112 Å². The summed E-state index contributed by atoms with van der Waals surface area (Å²) in [4.78, 5) is 52.9. The molecule has 1 unspecified atom stereocenters. The molecule has 2 saturated heterocycles. The number of hydrogen-bond acceptors (Lipinski definition) is 8. The Morgan fingerprint density at radius 2 is 1.78 bits per heavy atom. The van der Waals surface area contributed by atoms with Crippen molar-refractivity contribution in [3.05, 3.63) is 22.7 Å². The Balaban J connectivity index is 1.63. The van der Waals surface area contributed by atoms with E-state index in [-0.39, 0.29) is 43.2 Å². The summed E-state index contributed by atoms with van der Waals surface area (Å²) >= 11 is 3.18. The molecule has 4 atom stereocenters. The molecule has 1 aromatic carbocycles. The molecule has 1 aromatic rings. The van der Waals surface area contributed by atoms with Gasteiger partial charge in [0.15, 0.2) is 28.6 Å². The van der Waals surface area contributed by atoms with E-state index < -0.39 is 69.9 Å². The number of nitrogens with zero attached hydrogens (tertiary/aromatic N) is 3. The molecule has 2 aliphatic heterocycles. The molecule has 0 aliphatic carbocycles. The molecule has 36 heavy (non-hydrogen) atoms. The number of phenolic OH excluding ortho intramolecular Hbond substituents is 2. The Bertz CT molecular complexity index is 1110. The first-order valence-corrected chi connectivity index (χ1v) is 12.3. The highest BCUT2D eigenvalue weighted by atomic mass is 35.5. The third kappa shape index (κ3) is 5.06. The lowest BCUT2D eigenvalue weighted by atomic mass is 9.92. The van der Waals surface area contributed by atoms with Gasteiger partial charge in [-0.3, -0.25) is 9.59 Å². The van der Waals surface area contributed by atoms with Crippen LogP contribution in [-0.2, 0) is 25.4 Å². The minimum atomic E-state index is -2.77. The van der Waals surface area contributed by atoms with Crippen LogP contribution in [0.25, 0.3) is 0 Å². The summed E-state index contributed by atoms with van der Waals surface area (Å²) in [7, 11) is 0. The number of phenols is 2. The Kier molecular flexibility index (Phi) is 8.00. The maximum atomic E-state index is 12.7. The maximum absolute atomic E-state index is 12.7. The number of rotatable bonds is 7. The van der Waals surface area contributed by atoms with Crippen LogP contribution < -0.4 is 0 Å². The predicted octanol–water partition coefficient (Wildman–Crippen LogP) is 0.700. The second-order valence-corrected chi connectivity index (χ2v) is 10.6. The van der Waals surface area contributed by atoms with Gasteiger partial charge in [0, 0.05) is 38.6 Å². The van der Waals surface area contributed by atoms with E-state index >= 15 is 0 Å². The highest BCUT2D eigenvalue weighted by molar-refractivity contribution is 7.80. The average Bonchev–Trinajstić information content (AvgIpc) is 2.83. The van der Waals surface area contributed by atoms with Gasteiger partial charge in [-0.1, -0.05) is 11.6 Å². The summed E-state index contributed by atoms with van der Waals surface area (Å²) in [5, 5.41) is 28.6. The summed E-state index contributed by atoms with van der Waals surface area (Å²) in [6.45, 7) is 2.24. The quantitative estimate of drug-likeness (QED) is 0.215. The zero-order valence-electron chi connectivity index (χ0n) is 19.4. The lowest BCUT2D eigenvalue weighted by Crippen LogP contribution is -2.68. The molecule has 0 aromatic heterocycles. The lowest BCUT2D eigenvalue weighted by Gasteiger charge is -2.47. The van der Waals surface area contributed by atoms with Crippen molar-refractivity contribution in [3.8, 4) is 11.5 Å². The van der Waals surface area contributed by atoms with Gasteiger partial charge in [-0.25, -0.2) is 13.8 Å². The SMILES string of the molecule is C[C@@H]1CC(=O)N1[C@@H](C(=O)O)[C@](C)(COC(=O)N1CCN(C(=O)c2ccc(O)c(O)c2Cl)CC1)S(=O)O. The number of amides is 3. The van der Waals surface area contributed by atoms with E-state index in [2.05, 4.69) is 0 Å². The van der Waals surface area contributed by atoms with E-state index in [0.717, 1.165) is 17.9 Å². The van der Waals surface area contributed by atoms with Crippen molar-refractivity contribution >= 4 is 46.6 Å². The van der Waals surface area contributed by atoms with E-state index in [9.17, 15) is 43.3 Å². The van der Waals surface area contributed by atoms with Crippen molar-refractivity contribution in [3.63, 3.8) is 0 Å². The number of ether oxygens (including phenoxy) is 1. The first kappa shape index (κ1) is 27.5. The molecule has 0 radical (unpaired) electrons. The molecular formula is C21H26ClN3O10S. The molecule has 4 N–H and O–H groups in total. The second-order valence-electron chi connectivity index (χ2n) is 8.79. The molecular weight excluding hydrogens is 522 g/mol. The van der Waals surface area contributed by atoms with E-state index in [4.69, 9.17) is 16.3 Å². The summed E-state index contributed by atoms with van der Waals surface area (Å²) < 4.78 is 25.3. The van der Waals surface area contributed by atoms with Gasteiger partial charge in [0.25, 0.3) is 5.91 Å². The number of carboxylic acids is 1. The van der Waals surface area contributed by atoms with Crippen LogP contribution in [0.2, 0.25) is 5.02 Å². The van der Waals surface area contributed by atoms with Crippen LogP contribution >= 0.6 is 11.6 Å². The predicted molar refractivity (Wildman–Crippen MR) is 125 cm³/mol. The van der Waals surface area contributed by atoms with Crippen LogP contribution in [0.5, 0.6) is 11.5 Å². The minimum Gasteiger partial charge on any atom is -0.504 e. The molecule has 0 bridgehead atoms. The molecule has 0 saturated carbocycles. The number of piperazine rings is 1. The highest BCUT2D eigenvalue weighted by Gasteiger charge is 2.54. The topological polar surface area (TPSA) is 185 Å². The van der Waals surface area contributed by atoms with Gasteiger partial charge in [0.1, 0.15) is 11.4 Å². The fraction of sp³-hybridized carbons (Fsp3) is 0.524. The van der Waals surface area contributed by atoms with Crippen LogP contribution in [0.3, 0.4) is 0 Å². The van der Waals surface area contributed by atoms with Gasteiger partial charge >= 0.3 is 12.1 Å². The number of benzene rings is 1. The smallest absolute Gasteiger partial charge is 0.409 e. The van der Waals surface area contributed by atoms with Crippen molar-refractivity contribution in [2.75, 3.05) is 32.8 Å². The Hall–Kier alpha value is -3.10. The third-order valence-electron chi connectivity index (χ3n) is 6.35. The molecule has 2 fully saturated rings. The maximum Gasteiger partial charge on any atom is 0.409 e. The number of aliphatic carboxylic acids is 1. The Morgan fingerprint density at radius 3 is 2.28 bits per heavy atom. The number of halogens is 1.